The Hall–Kier alpha value is -0.830. The van der Waals surface area contributed by atoms with Crippen LogP contribution in [-0.2, 0) is 20.0 Å². The van der Waals surface area contributed by atoms with E-state index in [1.54, 1.807) is 0 Å². The summed E-state index contributed by atoms with van der Waals surface area (Å²) in [4.78, 5) is 0. The number of nitrogens with one attached hydrogen (secondary N) is 1. The van der Waals surface area contributed by atoms with Crippen molar-refractivity contribution in [2.24, 2.45) is 18.9 Å². The molecule has 0 unspecified atom stereocenters. The molecule has 0 bridgehead atoms. The van der Waals surface area contributed by atoms with E-state index in [4.69, 9.17) is 0 Å². The molecule has 1 aromatic rings. The first-order chi connectivity index (χ1) is 9.22. The van der Waals surface area contributed by atoms with Gasteiger partial charge < -0.3 is 5.32 Å². The maximum absolute atomic E-state index is 4.49. The zero-order valence-electron chi connectivity index (χ0n) is 12.8. The van der Waals surface area contributed by atoms with Crippen molar-refractivity contribution in [3.63, 3.8) is 0 Å². The fourth-order valence-corrected chi connectivity index (χ4v) is 3.16. The number of rotatable bonds is 6. The molecule has 1 N–H and O–H groups in total. The molecule has 1 heterocycles. The third kappa shape index (κ3) is 4.07. The summed E-state index contributed by atoms with van der Waals surface area (Å²) in [6, 6.07) is 2.22. The summed E-state index contributed by atoms with van der Waals surface area (Å²) in [5.41, 5.74) is 2.50. The van der Waals surface area contributed by atoms with Crippen LogP contribution in [0.3, 0.4) is 0 Å². The number of aryl methyl sites for hydroxylation is 2. The average molecular weight is 263 g/mol. The van der Waals surface area contributed by atoms with Crippen molar-refractivity contribution in [3.8, 4) is 0 Å². The maximum atomic E-state index is 4.49. The Kier molecular flexibility index (Phi) is 5.44. The highest BCUT2D eigenvalue weighted by molar-refractivity contribution is 5.09. The Balaban J connectivity index is 1.70. The van der Waals surface area contributed by atoms with E-state index >= 15 is 0 Å². The van der Waals surface area contributed by atoms with Gasteiger partial charge in [-0.05, 0) is 43.7 Å². The highest BCUT2D eigenvalue weighted by Gasteiger charge is 2.19. The predicted molar refractivity (Wildman–Crippen MR) is 80.0 cm³/mol. The van der Waals surface area contributed by atoms with Crippen molar-refractivity contribution in [2.45, 2.75) is 58.9 Å². The van der Waals surface area contributed by atoms with E-state index in [2.05, 4.69) is 30.3 Å². The van der Waals surface area contributed by atoms with Crippen LogP contribution in [0.4, 0.5) is 0 Å². The fourth-order valence-electron chi connectivity index (χ4n) is 3.16. The monoisotopic (exact) mass is 263 g/mol. The lowest BCUT2D eigenvalue weighted by Gasteiger charge is -2.27. The summed E-state index contributed by atoms with van der Waals surface area (Å²) in [6.45, 7) is 6.61. The summed E-state index contributed by atoms with van der Waals surface area (Å²) in [7, 11) is 2.04. The number of hydrogen-bond donors (Lipinski definition) is 1. The third-order valence-electron chi connectivity index (χ3n) is 4.67. The van der Waals surface area contributed by atoms with Gasteiger partial charge in [-0.1, -0.05) is 33.1 Å². The highest BCUT2D eigenvalue weighted by atomic mass is 15.3. The quantitative estimate of drug-likeness (QED) is 0.853. The van der Waals surface area contributed by atoms with E-state index < -0.39 is 0 Å². The van der Waals surface area contributed by atoms with Crippen molar-refractivity contribution in [1.82, 2.24) is 15.1 Å². The molecular formula is C16H29N3. The van der Waals surface area contributed by atoms with Crippen LogP contribution in [0.2, 0.25) is 0 Å². The lowest BCUT2D eigenvalue weighted by Crippen LogP contribution is -2.26. The van der Waals surface area contributed by atoms with E-state index in [9.17, 15) is 0 Å². The summed E-state index contributed by atoms with van der Waals surface area (Å²) in [6.07, 6.45) is 8.10. The van der Waals surface area contributed by atoms with Crippen LogP contribution >= 0.6 is 0 Å². The topological polar surface area (TPSA) is 29.9 Å². The van der Waals surface area contributed by atoms with Gasteiger partial charge in [0.2, 0.25) is 0 Å². The Morgan fingerprint density at radius 3 is 2.47 bits per heavy atom. The van der Waals surface area contributed by atoms with Gasteiger partial charge in [-0.25, -0.2) is 0 Å². The van der Waals surface area contributed by atoms with Gasteiger partial charge in [0.25, 0.3) is 0 Å². The lowest BCUT2D eigenvalue weighted by atomic mass is 9.81. The van der Waals surface area contributed by atoms with Crippen LogP contribution in [0.25, 0.3) is 0 Å². The smallest absolute Gasteiger partial charge is 0.0625 e. The van der Waals surface area contributed by atoms with Gasteiger partial charge >= 0.3 is 0 Å². The predicted octanol–water partition coefficient (Wildman–Crippen LogP) is 3.29. The van der Waals surface area contributed by atoms with Crippen LogP contribution in [0.1, 0.15) is 57.3 Å². The van der Waals surface area contributed by atoms with Gasteiger partial charge in [-0.2, -0.15) is 5.10 Å². The largest absolute Gasteiger partial charge is 0.311 e. The molecule has 0 atom stereocenters. The second-order valence-electron chi connectivity index (χ2n) is 6.03. The van der Waals surface area contributed by atoms with E-state index in [1.807, 2.05) is 11.7 Å². The van der Waals surface area contributed by atoms with Crippen LogP contribution in [-0.4, -0.2) is 16.3 Å². The normalized spacial score (nSPS) is 23.7. The van der Waals surface area contributed by atoms with Gasteiger partial charge in [0, 0.05) is 13.6 Å². The van der Waals surface area contributed by atoms with Crippen molar-refractivity contribution >= 4 is 0 Å². The van der Waals surface area contributed by atoms with Crippen molar-refractivity contribution < 1.29 is 0 Å². The zero-order valence-corrected chi connectivity index (χ0v) is 12.8. The molecule has 0 amide bonds. The first-order valence-electron chi connectivity index (χ1n) is 7.95. The Labute approximate surface area is 117 Å². The van der Waals surface area contributed by atoms with Crippen molar-refractivity contribution in [3.05, 3.63) is 17.5 Å². The molecular weight excluding hydrogens is 234 g/mol. The van der Waals surface area contributed by atoms with Gasteiger partial charge in [-0.15, -0.1) is 0 Å². The van der Waals surface area contributed by atoms with Crippen LogP contribution in [0.15, 0.2) is 6.07 Å². The SMILES string of the molecule is CCc1cc(CNCC2CCC(CC)CC2)n(C)n1. The van der Waals surface area contributed by atoms with Crippen LogP contribution in [0, 0.1) is 11.8 Å². The second-order valence-corrected chi connectivity index (χ2v) is 6.03. The molecule has 3 heteroatoms. The van der Waals surface area contributed by atoms with Crippen molar-refractivity contribution in [2.75, 3.05) is 6.54 Å². The minimum absolute atomic E-state index is 0.890. The van der Waals surface area contributed by atoms with Gasteiger partial charge in [0.15, 0.2) is 0 Å². The Bertz CT molecular complexity index is 375. The van der Waals surface area contributed by atoms with E-state index in [1.165, 1.54) is 50.0 Å². The average Bonchev–Trinajstić information content (AvgIpc) is 2.80. The molecule has 1 aromatic heterocycles. The first kappa shape index (κ1) is 14.6. The molecule has 1 fully saturated rings. The zero-order chi connectivity index (χ0) is 13.7. The summed E-state index contributed by atoms with van der Waals surface area (Å²) < 4.78 is 2.01. The number of nitrogens with zero attached hydrogens (tertiary/aromatic N) is 2. The summed E-state index contributed by atoms with van der Waals surface area (Å²) in [5.74, 6) is 1.89. The Morgan fingerprint density at radius 1 is 1.21 bits per heavy atom. The van der Waals surface area contributed by atoms with Gasteiger partial charge in [-0.3, -0.25) is 4.68 Å². The Morgan fingerprint density at radius 2 is 1.89 bits per heavy atom. The summed E-state index contributed by atoms with van der Waals surface area (Å²) in [5, 5.41) is 8.11. The minimum atomic E-state index is 0.890. The summed E-state index contributed by atoms with van der Waals surface area (Å²) >= 11 is 0. The second kappa shape index (κ2) is 7.09. The standard InChI is InChI=1S/C16H29N3/c1-4-13-6-8-14(9-7-13)11-17-12-16-10-15(5-2)18-19(16)3/h10,13-14,17H,4-9,11-12H2,1-3H3. The number of aromatic nitrogens is 2. The molecule has 0 aliphatic heterocycles. The number of hydrogen-bond acceptors (Lipinski definition) is 2. The lowest BCUT2D eigenvalue weighted by molar-refractivity contribution is 0.262. The van der Waals surface area contributed by atoms with E-state index in [-0.39, 0.29) is 0 Å². The molecule has 19 heavy (non-hydrogen) atoms. The van der Waals surface area contributed by atoms with Crippen LogP contribution < -0.4 is 5.32 Å². The van der Waals surface area contributed by atoms with Gasteiger partial charge in [0.1, 0.15) is 0 Å². The molecule has 0 aromatic carbocycles. The van der Waals surface area contributed by atoms with E-state index in [0.717, 1.165) is 24.8 Å². The van der Waals surface area contributed by atoms with Crippen LogP contribution in [0.5, 0.6) is 0 Å². The molecule has 2 rings (SSSR count). The molecule has 0 saturated heterocycles. The first-order valence-corrected chi connectivity index (χ1v) is 7.95. The maximum Gasteiger partial charge on any atom is 0.0625 e. The molecule has 0 radical (unpaired) electrons. The molecule has 1 aliphatic carbocycles. The molecule has 1 aliphatic rings. The van der Waals surface area contributed by atoms with Gasteiger partial charge in [0.05, 0.1) is 11.4 Å². The molecule has 3 nitrogen and oxygen atoms in total. The molecule has 0 spiro atoms. The molecule has 1 saturated carbocycles. The third-order valence-corrected chi connectivity index (χ3v) is 4.67. The molecule has 108 valence electrons. The van der Waals surface area contributed by atoms with Crippen molar-refractivity contribution in [1.29, 1.82) is 0 Å². The highest BCUT2D eigenvalue weighted by Crippen LogP contribution is 2.30. The minimum Gasteiger partial charge on any atom is -0.311 e. The fraction of sp³-hybridized carbons (Fsp3) is 0.812. The van der Waals surface area contributed by atoms with E-state index in [0.29, 0.717) is 0 Å².